The van der Waals surface area contributed by atoms with Gasteiger partial charge in [-0.25, -0.2) is 0 Å². The number of aromatic nitrogens is 1. The molecule has 2 aromatic carbocycles. The number of carbonyl (C=O) groups excluding carboxylic acids is 1. The van der Waals surface area contributed by atoms with Gasteiger partial charge in [0.15, 0.2) is 5.96 Å². The van der Waals surface area contributed by atoms with Crippen molar-refractivity contribution in [2.75, 3.05) is 21.1 Å². The Balaban J connectivity index is 1.80. The first kappa shape index (κ1) is 20.7. The van der Waals surface area contributed by atoms with Crippen LogP contribution in [0.25, 0.3) is 10.9 Å². The lowest BCUT2D eigenvalue weighted by Crippen LogP contribution is -2.36. The molecule has 29 heavy (non-hydrogen) atoms. The third kappa shape index (κ3) is 5.07. The molecule has 8 heteroatoms. The molecule has 0 spiro atoms. The van der Waals surface area contributed by atoms with Gasteiger partial charge in [-0.2, -0.15) is 0 Å². The minimum Gasteiger partial charge on any atom is -0.489 e. The largest absolute Gasteiger partial charge is 0.489 e. The summed E-state index contributed by atoms with van der Waals surface area (Å²) >= 11 is 6.41. The van der Waals surface area contributed by atoms with Gasteiger partial charge in [-0.1, -0.05) is 35.9 Å². The van der Waals surface area contributed by atoms with Crippen molar-refractivity contribution in [1.82, 2.24) is 15.2 Å². The van der Waals surface area contributed by atoms with Crippen LogP contribution in [0.4, 0.5) is 0 Å². The van der Waals surface area contributed by atoms with E-state index in [0.29, 0.717) is 28.6 Å². The molecule has 0 aliphatic heterocycles. The average Bonchev–Trinajstić information content (AvgIpc) is 3.12. The summed E-state index contributed by atoms with van der Waals surface area (Å²) in [7, 11) is 5.56. The summed E-state index contributed by atoms with van der Waals surface area (Å²) in [5, 5.41) is 3.71. The molecular weight excluding hydrogens is 390 g/mol. The number of hydrogen-bond donors (Lipinski definition) is 3. The molecule has 0 atom stereocenters. The second kappa shape index (κ2) is 8.98. The van der Waals surface area contributed by atoms with Crippen molar-refractivity contribution < 1.29 is 9.53 Å². The molecule has 4 N–H and O–H groups in total. The highest BCUT2D eigenvalue weighted by molar-refractivity contribution is 6.35. The van der Waals surface area contributed by atoms with Gasteiger partial charge in [0, 0.05) is 25.0 Å². The number of halogens is 1. The number of nitrogens with one attached hydrogen (secondary N) is 2. The smallest absolute Gasteiger partial charge is 0.274 e. The number of nitrogens with zero attached hydrogens (tertiary/aromatic N) is 2. The summed E-state index contributed by atoms with van der Waals surface area (Å²) in [6, 6.07) is 13.4. The van der Waals surface area contributed by atoms with Crippen LogP contribution in [0.3, 0.4) is 0 Å². The standard InChI is InChI=1S/C21H24ClN5O2/c1-24-21(23)26-20(28)19-10-16-17(22)8-15(9-18(16)25-19)29-12-14-7-5-4-6-13(14)11-27(2)3/h4-10,25H,11-12H2,1-3H3,(H3,23,24,26,28). The average molecular weight is 414 g/mol. The van der Waals surface area contributed by atoms with Crippen LogP contribution in [0.5, 0.6) is 5.75 Å². The molecule has 3 rings (SSSR count). The second-order valence-electron chi connectivity index (χ2n) is 6.91. The topological polar surface area (TPSA) is 95.7 Å². The Morgan fingerprint density at radius 2 is 1.97 bits per heavy atom. The molecule has 0 saturated carbocycles. The highest BCUT2D eigenvalue weighted by Gasteiger charge is 2.14. The van der Waals surface area contributed by atoms with E-state index in [2.05, 4.69) is 32.3 Å². The molecule has 7 nitrogen and oxygen atoms in total. The number of aromatic amines is 1. The summed E-state index contributed by atoms with van der Waals surface area (Å²) in [4.78, 5) is 21.1. The van der Waals surface area contributed by atoms with Crippen molar-refractivity contribution in [3.63, 3.8) is 0 Å². The molecular formula is C21H24ClN5O2. The van der Waals surface area contributed by atoms with Crippen molar-refractivity contribution in [3.8, 4) is 5.75 Å². The quantitative estimate of drug-likeness (QED) is 0.427. The molecule has 0 fully saturated rings. The molecule has 0 radical (unpaired) electrons. The van der Waals surface area contributed by atoms with E-state index in [-0.39, 0.29) is 11.9 Å². The summed E-state index contributed by atoms with van der Waals surface area (Å²) in [5.74, 6) is 0.270. The highest BCUT2D eigenvalue weighted by Crippen LogP contribution is 2.30. The number of rotatable bonds is 6. The zero-order valence-corrected chi connectivity index (χ0v) is 17.4. The predicted molar refractivity (Wildman–Crippen MR) is 116 cm³/mol. The number of amides is 1. The molecule has 0 aliphatic rings. The van der Waals surface area contributed by atoms with Gasteiger partial charge < -0.3 is 20.4 Å². The molecule has 1 aromatic heterocycles. The molecule has 0 saturated heterocycles. The second-order valence-corrected chi connectivity index (χ2v) is 7.31. The van der Waals surface area contributed by atoms with E-state index in [4.69, 9.17) is 22.1 Å². The maximum Gasteiger partial charge on any atom is 0.274 e. The van der Waals surface area contributed by atoms with Crippen LogP contribution in [0, 0.1) is 0 Å². The van der Waals surface area contributed by atoms with Crippen molar-refractivity contribution in [1.29, 1.82) is 0 Å². The first-order chi connectivity index (χ1) is 13.9. The fraction of sp³-hybridized carbons (Fsp3) is 0.238. The van der Waals surface area contributed by atoms with Crippen molar-refractivity contribution in [2.24, 2.45) is 10.7 Å². The molecule has 0 aliphatic carbocycles. The van der Waals surface area contributed by atoms with Gasteiger partial charge in [0.05, 0.1) is 10.5 Å². The van der Waals surface area contributed by atoms with Gasteiger partial charge in [-0.15, -0.1) is 0 Å². The Labute approximate surface area is 174 Å². The first-order valence-corrected chi connectivity index (χ1v) is 9.45. The minimum atomic E-state index is -0.388. The van der Waals surface area contributed by atoms with Gasteiger partial charge in [0.25, 0.3) is 5.91 Å². The van der Waals surface area contributed by atoms with Crippen molar-refractivity contribution in [3.05, 3.63) is 64.3 Å². The van der Waals surface area contributed by atoms with Crippen LogP contribution >= 0.6 is 11.6 Å². The van der Waals surface area contributed by atoms with E-state index in [1.807, 2.05) is 32.3 Å². The molecule has 0 unspecified atom stereocenters. The Morgan fingerprint density at radius 3 is 2.66 bits per heavy atom. The molecule has 3 aromatic rings. The third-order valence-electron chi connectivity index (χ3n) is 4.39. The van der Waals surface area contributed by atoms with Crippen molar-refractivity contribution in [2.45, 2.75) is 13.2 Å². The number of carbonyl (C=O) groups is 1. The number of guanidine groups is 1. The lowest BCUT2D eigenvalue weighted by molar-refractivity contribution is 0.0972. The van der Waals surface area contributed by atoms with E-state index in [0.717, 1.165) is 17.5 Å². The number of H-pyrrole nitrogens is 1. The normalized spacial score (nSPS) is 11.8. The molecule has 1 amide bonds. The van der Waals surface area contributed by atoms with E-state index >= 15 is 0 Å². The van der Waals surface area contributed by atoms with Gasteiger partial charge in [-0.3, -0.25) is 15.1 Å². The van der Waals surface area contributed by atoms with E-state index in [9.17, 15) is 4.79 Å². The maximum absolute atomic E-state index is 12.2. The Hall–Kier alpha value is -3.03. The van der Waals surface area contributed by atoms with E-state index in [1.165, 1.54) is 12.6 Å². The minimum absolute atomic E-state index is 0.0418. The van der Waals surface area contributed by atoms with Crippen molar-refractivity contribution >= 4 is 34.4 Å². The lowest BCUT2D eigenvalue weighted by Gasteiger charge is -2.15. The number of nitrogens with two attached hydrogens (primary N) is 1. The van der Waals surface area contributed by atoms with Crippen LogP contribution in [-0.2, 0) is 13.2 Å². The maximum atomic E-state index is 12.2. The van der Waals surface area contributed by atoms with Crippen LogP contribution in [0.15, 0.2) is 47.5 Å². The van der Waals surface area contributed by atoms with Gasteiger partial charge >= 0.3 is 0 Å². The number of benzene rings is 2. The van der Waals surface area contributed by atoms with Gasteiger partial charge in [0.2, 0.25) is 0 Å². The number of fused-ring (bicyclic) bond motifs is 1. The van der Waals surface area contributed by atoms with E-state index < -0.39 is 0 Å². The zero-order chi connectivity index (χ0) is 21.0. The fourth-order valence-corrected chi connectivity index (χ4v) is 3.23. The fourth-order valence-electron chi connectivity index (χ4n) is 2.97. The van der Waals surface area contributed by atoms with Gasteiger partial charge in [0.1, 0.15) is 18.1 Å². The van der Waals surface area contributed by atoms with Gasteiger partial charge in [-0.05, 0) is 37.4 Å². The van der Waals surface area contributed by atoms with Crippen LogP contribution in [-0.4, -0.2) is 42.9 Å². The lowest BCUT2D eigenvalue weighted by atomic mass is 10.1. The summed E-state index contributed by atoms with van der Waals surface area (Å²) in [6.45, 7) is 1.25. The number of ether oxygens (including phenoxy) is 1. The van der Waals surface area contributed by atoms with Crippen LogP contribution in [0.1, 0.15) is 21.6 Å². The third-order valence-corrected chi connectivity index (χ3v) is 4.70. The Morgan fingerprint density at radius 1 is 1.24 bits per heavy atom. The molecule has 1 heterocycles. The SMILES string of the molecule is CN=C(N)NC(=O)c1cc2c(Cl)cc(OCc3ccccc3CN(C)C)cc2[nH]1. The summed E-state index contributed by atoms with van der Waals surface area (Å²) < 4.78 is 5.99. The highest BCUT2D eigenvalue weighted by atomic mass is 35.5. The predicted octanol–water partition coefficient (Wildman–Crippen LogP) is 3.14. The zero-order valence-electron chi connectivity index (χ0n) is 16.6. The Bertz CT molecular complexity index is 1060. The van der Waals surface area contributed by atoms with Crippen LogP contribution in [0.2, 0.25) is 5.02 Å². The number of hydrogen-bond acceptors (Lipinski definition) is 4. The Kier molecular flexibility index (Phi) is 6.41. The first-order valence-electron chi connectivity index (χ1n) is 9.07. The van der Waals surface area contributed by atoms with E-state index in [1.54, 1.807) is 12.1 Å². The summed E-state index contributed by atoms with van der Waals surface area (Å²) in [5.41, 5.74) is 8.90. The molecule has 0 bridgehead atoms. The monoisotopic (exact) mass is 413 g/mol. The summed E-state index contributed by atoms with van der Waals surface area (Å²) in [6.07, 6.45) is 0. The van der Waals surface area contributed by atoms with Crippen LogP contribution < -0.4 is 15.8 Å². The molecule has 152 valence electrons. The number of aliphatic imine (C=N–C) groups is 1.